The molecule has 2 saturated heterocycles. The van der Waals surface area contributed by atoms with Crippen LogP contribution < -0.4 is 4.90 Å². The number of likely N-dealkylation sites (tertiary alicyclic amines) is 1. The number of hydrogen-bond acceptors (Lipinski definition) is 2. The number of piperidine rings is 1. The highest BCUT2D eigenvalue weighted by Crippen LogP contribution is 2.40. The van der Waals surface area contributed by atoms with Gasteiger partial charge in [-0.25, -0.2) is 0 Å². The maximum absolute atomic E-state index is 2.63. The molecule has 0 unspecified atom stereocenters. The van der Waals surface area contributed by atoms with Crippen LogP contribution in [0.4, 0.5) is 5.69 Å². The second-order valence-corrected chi connectivity index (χ2v) is 7.08. The van der Waals surface area contributed by atoms with Crippen LogP contribution in [0, 0.1) is 5.41 Å². The van der Waals surface area contributed by atoms with Crippen molar-refractivity contribution in [2.24, 2.45) is 5.41 Å². The van der Waals surface area contributed by atoms with Gasteiger partial charge in [0.2, 0.25) is 0 Å². The summed E-state index contributed by atoms with van der Waals surface area (Å²) in [4.78, 5) is 5.20. The van der Waals surface area contributed by atoms with E-state index < -0.39 is 0 Å². The second-order valence-electron chi connectivity index (χ2n) is 7.08. The van der Waals surface area contributed by atoms with Gasteiger partial charge in [-0.15, -0.1) is 0 Å². The van der Waals surface area contributed by atoms with Gasteiger partial charge in [-0.05, 0) is 43.0 Å². The van der Waals surface area contributed by atoms with Gasteiger partial charge in [-0.3, -0.25) is 0 Å². The monoisotopic (exact) mass is 272 g/mol. The molecule has 2 aliphatic rings. The molecule has 2 heteroatoms. The van der Waals surface area contributed by atoms with Gasteiger partial charge >= 0.3 is 0 Å². The van der Waals surface area contributed by atoms with Gasteiger partial charge in [0.25, 0.3) is 0 Å². The summed E-state index contributed by atoms with van der Waals surface area (Å²) in [7, 11) is 0. The molecule has 0 aliphatic carbocycles. The average molecular weight is 272 g/mol. The van der Waals surface area contributed by atoms with Gasteiger partial charge < -0.3 is 9.80 Å². The Morgan fingerprint density at radius 1 is 1.20 bits per heavy atom. The van der Waals surface area contributed by atoms with Crippen LogP contribution in [0.15, 0.2) is 24.3 Å². The van der Waals surface area contributed by atoms with Gasteiger partial charge in [-0.2, -0.15) is 0 Å². The van der Waals surface area contributed by atoms with Crippen LogP contribution in [0.2, 0.25) is 0 Å². The van der Waals surface area contributed by atoms with Gasteiger partial charge in [-0.1, -0.05) is 32.9 Å². The average Bonchev–Trinajstić information content (AvgIpc) is 2.44. The van der Waals surface area contributed by atoms with Crippen molar-refractivity contribution in [3.8, 4) is 0 Å². The molecular weight excluding hydrogens is 244 g/mol. The predicted octanol–water partition coefficient (Wildman–Crippen LogP) is 3.73. The zero-order valence-electron chi connectivity index (χ0n) is 13.2. The first-order chi connectivity index (χ1) is 9.62. The second kappa shape index (κ2) is 5.40. The Kier molecular flexibility index (Phi) is 3.76. The summed E-state index contributed by atoms with van der Waals surface area (Å²) < 4.78 is 0. The van der Waals surface area contributed by atoms with Crippen LogP contribution in [0.25, 0.3) is 0 Å². The first-order valence-electron chi connectivity index (χ1n) is 8.19. The lowest BCUT2D eigenvalue weighted by atomic mass is 9.73. The van der Waals surface area contributed by atoms with E-state index in [1.54, 1.807) is 0 Å². The molecule has 3 rings (SSSR count). The van der Waals surface area contributed by atoms with E-state index in [9.17, 15) is 0 Å². The molecule has 0 amide bonds. The fourth-order valence-corrected chi connectivity index (χ4v) is 3.89. The minimum absolute atomic E-state index is 0.585. The van der Waals surface area contributed by atoms with Crippen LogP contribution in [0.3, 0.4) is 0 Å². The van der Waals surface area contributed by atoms with E-state index in [1.807, 2.05) is 0 Å². The smallest absolute Gasteiger partial charge is 0.0369 e. The molecule has 0 N–H and O–H groups in total. The van der Waals surface area contributed by atoms with Gasteiger partial charge in [0.05, 0.1) is 0 Å². The molecule has 0 saturated carbocycles. The Morgan fingerprint density at radius 3 is 2.70 bits per heavy atom. The molecule has 1 aromatic rings. The highest BCUT2D eigenvalue weighted by atomic mass is 15.2. The fourth-order valence-electron chi connectivity index (χ4n) is 3.89. The maximum atomic E-state index is 2.63. The molecule has 2 aliphatic heterocycles. The molecular formula is C18H28N2. The standard InChI is InChI=1S/C18H28N2/c1-4-19-12-18(13-19)9-6-10-20(14-18)17-8-5-7-16(11-17)15(2)3/h5,7-8,11,15H,4,6,9-10,12-14H2,1-3H3. The van der Waals surface area contributed by atoms with E-state index in [0.29, 0.717) is 11.3 Å². The highest BCUT2D eigenvalue weighted by Gasteiger charge is 2.44. The van der Waals surface area contributed by atoms with Crippen LogP contribution in [0.1, 0.15) is 45.1 Å². The van der Waals surface area contributed by atoms with Crippen LogP contribution in [-0.2, 0) is 0 Å². The third-order valence-electron chi connectivity index (χ3n) is 5.13. The quantitative estimate of drug-likeness (QED) is 0.827. The molecule has 0 radical (unpaired) electrons. The summed E-state index contributed by atoms with van der Waals surface area (Å²) >= 11 is 0. The van der Waals surface area contributed by atoms with Gasteiger partial charge in [0, 0.05) is 37.3 Å². The summed E-state index contributed by atoms with van der Waals surface area (Å²) in [5, 5.41) is 0. The third-order valence-corrected chi connectivity index (χ3v) is 5.13. The van der Waals surface area contributed by atoms with E-state index in [1.165, 1.54) is 56.8 Å². The van der Waals surface area contributed by atoms with E-state index in [4.69, 9.17) is 0 Å². The molecule has 1 aromatic carbocycles. The molecule has 1 spiro atoms. The Bertz CT molecular complexity index is 460. The molecule has 0 bridgehead atoms. The third kappa shape index (κ3) is 2.58. The molecule has 2 nitrogen and oxygen atoms in total. The normalized spacial score (nSPS) is 22.3. The molecule has 0 aromatic heterocycles. The molecule has 20 heavy (non-hydrogen) atoms. The summed E-state index contributed by atoms with van der Waals surface area (Å²) in [5.74, 6) is 0.619. The molecule has 0 atom stereocenters. The minimum Gasteiger partial charge on any atom is -0.371 e. The van der Waals surface area contributed by atoms with Crippen molar-refractivity contribution in [3.63, 3.8) is 0 Å². The van der Waals surface area contributed by atoms with E-state index >= 15 is 0 Å². The van der Waals surface area contributed by atoms with E-state index in [-0.39, 0.29) is 0 Å². The van der Waals surface area contributed by atoms with Crippen LogP contribution in [0.5, 0.6) is 0 Å². The van der Waals surface area contributed by atoms with Crippen molar-refractivity contribution < 1.29 is 0 Å². The van der Waals surface area contributed by atoms with Crippen LogP contribution in [-0.4, -0.2) is 37.6 Å². The molecule has 2 fully saturated rings. The Labute approximate surface area is 123 Å². The van der Waals surface area contributed by atoms with Crippen molar-refractivity contribution in [2.45, 2.75) is 39.5 Å². The fraction of sp³-hybridized carbons (Fsp3) is 0.667. The summed E-state index contributed by atoms with van der Waals surface area (Å²) in [6.45, 7) is 13.2. The van der Waals surface area contributed by atoms with Crippen molar-refractivity contribution in [2.75, 3.05) is 37.6 Å². The number of anilines is 1. The Balaban J connectivity index is 1.72. The van der Waals surface area contributed by atoms with Crippen LogP contribution >= 0.6 is 0 Å². The first kappa shape index (κ1) is 13.9. The lowest BCUT2D eigenvalue weighted by Crippen LogP contribution is -2.62. The number of nitrogens with zero attached hydrogens (tertiary/aromatic N) is 2. The Hall–Kier alpha value is -1.02. The maximum Gasteiger partial charge on any atom is 0.0369 e. The topological polar surface area (TPSA) is 6.48 Å². The highest BCUT2D eigenvalue weighted by molar-refractivity contribution is 5.50. The van der Waals surface area contributed by atoms with Gasteiger partial charge in [0.15, 0.2) is 0 Å². The lowest BCUT2D eigenvalue weighted by molar-refractivity contribution is -0.00590. The largest absolute Gasteiger partial charge is 0.371 e. The summed E-state index contributed by atoms with van der Waals surface area (Å²) in [6, 6.07) is 9.18. The number of benzene rings is 1. The van der Waals surface area contributed by atoms with Crippen molar-refractivity contribution in [1.82, 2.24) is 4.90 Å². The van der Waals surface area contributed by atoms with E-state index in [0.717, 1.165) is 0 Å². The first-order valence-corrected chi connectivity index (χ1v) is 8.19. The lowest BCUT2D eigenvalue weighted by Gasteiger charge is -2.55. The minimum atomic E-state index is 0.585. The SMILES string of the molecule is CCN1CC2(CCCN(c3cccc(C(C)C)c3)C2)C1. The molecule has 2 heterocycles. The number of rotatable bonds is 3. The molecule has 110 valence electrons. The Morgan fingerprint density at radius 2 is 2.00 bits per heavy atom. The summed E-state index contributed by atoms with van der Waals surface area (Å²) in [6.07, 6.45) is 2.77. The van der Waals surface area contributed by atoms with Gasteiger partial charge in [0.1, 0.15) is 0 Å². The summed E-state index contributed by atoms with van der Waals surface area (Å²) in [5.41, 5.74) is 3.48. The zero-order valence-corrected chi connectivity index (χ0v) is 13.2. The predicted molar refractivity (Wildman–Crippen MR) is 86.5 cm³/mol. The van der Waals surface area contributed by atoms with Crippen molar-refractivity contribution >= 4 is 5.69 Å². The number of hydrogen-bond donors (Lipinski definition) is 0. The van der Waals surface area contributed by atoms with Crippen molar-refractivity contribution in [3.05, 3.63) is 29.8 Å². The van der Waals surface area contributed by atoms with E-state index in [2.05, 4.69) is 54.8 Å². The zero-order chi connectivity index (χ0) is 14.2. The van der Waals surface area contributed by atoms with Crippen molar-refractivity contribution in [1.29, 1.82) is 0 Å².